The van der Waals surface area contributed by atoms with Gasteiger partial charge in [-0.1, -0.05) is 18.2 Å². The summed E-state index contributed by atoms with van der Waals surface area (Å²) in [6, 6.07) is 6.33. The number of hydrogen-bond donors (Lipinski definition) is 0. The molecular formula is C15H21FN2O3S. The topological polar surface area (TPSA) is 57.7 Å². The molecule has 0 radical (unpaired) electrons. The summed E-state index contributed by atoms with van der Waals surface area (Å²) < 4.78 is 38.2. The molecule has 1 aliphatic rings. The van der Waals surface area contributed by atoms with Crippen molar-refractivity contribution in [1.82, 2.24) is 9.21 Å². The first-order chi connectivity index (χ1) is 10.3. The second kappa shape index (κ2) is 6.75. The van der Waals surface area contributed by atoms with Crippen molar-refractivity contribution in [3.8, 4) is 0 Å². The molecule has 0 N–H and O–H groups in total. The third-order valence-corrected chi connectivity index (χ3v) is 5.21. The van der Waals surface area contributed by atoms with Crippen molar-refractivity contribution < 1.29 is 17.6 Å². The van der Waals surface area contributed by atoms with Gasteiger partial charge in [0.25, 0.3) is 0 Å². The van der Waals surface area contributed by atoms with Crippen molar-refractivity contribution >= 4 is 15.9 Å². The molecule has 1 aromatic rings. The van der Waals surface area contributed by atoms with Crippen LogP contribution in [0.1, 0.15) is 18.4 Å². The SMILES string of the molecule is CN(Cc1ccccc1F)C(=O)[C@@H]1CCCN(S(C)(=O)=O)C1. The number of rotatable bonds is 4. The van der Waals surface area contributed by atoms with Crippen LogP contribution in [0.25, 0.3) is 0 Å². The summed E-state index contributed by atoms with van der Waals surface area (Å²) in [6.07, 6.45) is 2.48. The van der Waals surface area contributed by atoms with E-state index in [0.29, 0.717) is 24.9 Å². The first-order valence-electron chi connectivity index (χ1n) is 7.22. The molecule has 22 heavy (non-hydrogen) atoms. The van der Waals surface area contributed by atoms with Gasteiger partial charge in [-0.15, -0.1) is 0 Å². The molecule has 122 valence electrons. The monoisotopic (exact) mass is 328 g/mol. The summed E-state index contributed by atoms with van der Waals surface area (Å²) in [5.41, 5.74) is 0.453. The normalized spacial score (nSPS) is 19.9. The molecule has 1 amide bonds. The molecule has 1 atom stereocenters. The lowest BCUT2D eigenvalue weighted by Crippen LogP contribution is -2.45. The van der Waals surface area contributed by atoms with Gasteiger partial charge < -0.3 is 4.90 Å². The summed E-state index contributed by atoms with van der Waals surface area (Å²) >= 11 is 0. The minimum atomic E-state index is -3.28. The second-order valence-electron chi connectivity index (χ2n) is 5.75. The van der Waals surface area contributed by atoms with Crippen LogP contribution in [0.2, 0.25) is 0 Å². The zero-order chi connectivity index (χ0) is 16.3. The Kier molecular flexibility index (Phi) is 5.18. The van der Waals surface area contributed by atoms with Gasteiger partial charge in [-0.3, -0.25) is 4.79 Å². The Hall–Kier alpha value is -1.47. The van der Waals surface area contributed by atoms with E-state index in [-0.39, 0.29) is 30.7 Å². The van der Waals surface area contributed by atoms with Crippen molar-refractivity contribution in [3.05, 3.63) is 35.6 Å². The summed E-state index contributed by atoms with van der Waals surface area (Å²) in [6.45, 7) is 0.847. The Labute approximate surface area is 130 Å². The Bertz CT molecular complexity index is 648. The molecule has 1 fully saturated rings. The van der Waals surface area contributed by atoms with Crippen LogP contribution in [0.15, 0.2) is 24.3 Å². The lowest BCUT2D eigenvalue weighted by Gasteiger charge is -2.32. The molecule has 1 aromatic carbocycles. The number of benzene rings is 1. The summed E-state index contributed by atoms with van der Waals surface area (Å²) in [5, 5.41) is 0. The lowest BCUT2D eigenvalue weighted by molar-refractivity contribution is -0.135. The number of carbonyl (C=O) groups excluding carboxylic acids is 1. The number of sulfonamides is 1. The Morgan fingerprint density at radius 3 is 2.73 bits per heavy atom. The van der Waals surface area contributed by atoms with Crippen LogP contribution in [0.3, 0.4) is 0 Å². The van der Waals surface area contributed by atoms with Gasteiger partial charge in [0.2, 0.25) is 15.9 Å². The van der Waals surface area contributed by atoms with E-state index in [9.17, 15) is 17.6 Å². The predicted octanol–water partition coefficient (Wildman–Crippen LogP) is 1.46. The van der Waals surface area contributed by atoms with E-state index in [4.69, 9.17) is 0 Å². The minimum absolute atomic E-state index is 0.142. The fourth-order valence-corrected chi connectivity index (χ4v) is 3.63. The van der Waals surface area contributed by atoms with Gasteiger partial charge in [0.05, 0.1) is 12.2 Å². The maximum absolute atomic E-state index is 13.6. The number of amides is 1. The molecular weight excluding hydrogens is 307 g/mol. The van der Waals surface area contributed by atoms with Gasteiger partial charge in [-0.2, -0.15) is 0 Å². The predicted molar refractivity (Wildman–Crippen MR) is 82.0 cm³/mol. The Morgan fingerprint density at radius 2 is 2.09 bits per heavy atom. The van der Waals surface area contributed by atoms with Crippen LogP contribution in [0.5, 0.6) is 0 Å². The van der Waals surface area contributed by atoms with Gasteiger partial charge in [-0.05, 0) is 18.9 Å². The van der Waals surface area contributed by atoms with Gasteiger partial charge in [0.15, 0.2) is 0 Å². The molecule has 2 rings (SSSR count). The average molecular weight is 328 g/mol. The van der Waals surface area contributed by atoms with E-state index >= 15 is 0 Å². The fraction of sp³-hybridized carbons (Fsp3) is 0.533. The number of hydrogen-bond acceptors (Lipinski definition) is 3. The number of piperidine rings is 1. The van der Waals surface area contributed by atoms with E-state index in [1.807, 2.05) is 0 Å². The Morgan fingerprint density at radius 1 is 1.41 bits per heavy atom. The average Bonchev–Trinajstić information content (AvgIpc) is 2.48. The summed E-state index contributed by atoms with van der Waals surface area (Å²) in [4.78, 5) is 13.9. The van der Waals surface area contributed by atoms with Crippen molar-refractivity contribution in [3.63, 3.8) is 0 Å². The largest absolute Gasteiger partial charge is 0.341 e. The first kappa shape index (κ1) is 16.9. The maximum atomic E-state index is 13.6. The molecule has 0 bridgehead atoms. The number of carbonyl (C=O) groups is 1. The van der Waals surface area contributed by atoms with Crippen LogP contribution in [-0.4, -0.2) is 49.9 Å². The third kappa shape index (κ3) is 4.04. The van der Waals surface area contributed by atoms with Crippen molar-refractivity contribution in [2.24, 2.45) is 5.92 Å². The standard InChI is InChI=1S/C15H21FN2O3S/c1-17(10-12-6-3-4-8-14(12)16)15(19)13-7-5-9-18(11-13)22(2,20)21/h3-4,6,8,13H,5,7,9-11H2,1-2H3/t13-/m1/s1. The fourth-order valence-electron chi connectivity index (χ4n) is 2.72. The zero-order valence-electron chi connectivity index (χ0n) is 12.8. The smallest absolute Gasteiger partial charge is 0.227 e. The summed E-state index contributed by atoms with van der Waals surface area (Å²) in [7, 11) is -1.66. The molecule has 0 saturated carbocycles. The highest BCUT2D eigenvalue weighted by molar-refractivity contribution is 7.88. The first-order valence-corrected chi connectivity index (χ1v) is 9.07. The van der Waals surface area contributed by atoms with E-state index in [2.05, 4.69) is 0 Å². The van der Waals surface area contributed by atoms with Gasteiger partial charge in [0.1, 0.15) is 5.82 Å². The molecule has 0 spiro atoms. The van der Waals surface area contributed by atoms with Gasteiger partial charge in [-0.25, -0.2) is 17.1 Å². The van der Waals surface area contributed by atoms with Crippen LogP contribution < -0.4 is 0 Å². The van der Waals surface area contributed by atoms with Crippen LogP contribution >= 0.6 is 0 Å². The highest BCUT2D eigenvalue weighted by Gasteiger charge is 2.31. The highest BCUT2D eigenvalue weighted by Crippen LogP contribution is 2.21. The molecule has 7 heteroatoms. The maximum Gasteiger partial charge on any atom is 0.227 e. The van der Waals surface area contributed by atoms with E-state index in [1.54, 1.807) is 25.2 Å². The molecule has 1 aliphatic heterocycles. The van der Waals surface area contributed by atoms with Crippen molar-refractivity contribution in [2.45, 2.75) is 19.4 Å². The van der Waals surface area contributed by atoms with Gasteiger partial charge in [0, 0.05) is 32.2 Å². The lowest BCUT2D eigenvalue weighted by atomic mass is 9.98. The van der Waals surface area contributed by atoms with Crippen LogP contribution in [0, 0.1) is 11.7 Å². The molecule has 1 heterocycles. The highest BCUT2D eigenvalue weighted by atomic mass is 32.2. The van der Waals surface area contributed by atoms with Crippen molar-refractivity contribution in [2.75, 3.05) is 26.4 Å². The van der Waals surface area contributed by atoms with E-state index in [0.717, 1.165) is 6.26 Å². The Balaban J connectivity index is 2.03. The number of nitrogens with zero attached hydrogens (tertiary/aromatic N) is 2. The molecule has 0 unspecified atom stereocenters. The molecule has 5 nitrogen and oxygen atoms in total. The zero-order valence-corrected chi connectivity index (χ0v) is 13.6. The van der Waals surface area contributed by atoms with Crippen LogP contribution in [-0.2, 0) is 21.4 Å². The minimum Gasteiger partial charge on any atom is -0.341 e. The number of halogens is 1. The summed E-state index contributed by atoms with van der Waals surface area (Å²) in [5.74, 6) is -0.847. The molecule has 1 saturated heterocycles. The third-order valence-electron chi connectivity index (χ3n) is 3.94. The molecule has 0 aliphatic carbocycles. The van der Waals surface area contributed by atoms with E-state index < -0.39 is 10.0 Å². The van der Waals surface area contributed by atoms with Crippen LogP contribution in [0.4, 0.5) is 4.39 Å². The molecule has 0 aromatic heterocycles. The second-order valence-corrected chi connectivity index (χ2v) is 7.73. The van der Waals surface area contributed by atoms with Crippen molar-refractivity contribution in [1.29, 1.82) is 0 Å². The van der Waals surface area contributed by atoms with E-state index in [1.165, 1.54) is 15.3 Å². The quantitative estimate of drug-likeness (QED) is 0.841. The van der Waals surface area contributed by atoms with Gasteiger partial charge >= 0.3 is 0 Å².